The van der Waals surface area contributed by atoms with E-state index < -0.39 is 17.1 Å². The highest BCUT2D eigenvalue weighted by molar-refractivity contribution is 7.89. The quantitative estimate of drug-likeness (QED) is 0.540. The molecule has 3 N–H and O–H groups in total. The smallest absolute Gasteiger partial charge is 0.423 e. The first kappa shape index (κ1) is 20.3. The van der Waals surface area contributed by atoms with Crippen LogP contribution in [-0.4, -0.2) is 30.7 Å². The van der Waals surface area contributed by atoms with Gasteiger partial charge in [0.25, 0.3) is 0 Å². The second-order valence-electron chi connectivity index (χ2n) is 6.62. The summed E-state index contributed by atoms with van der Waals surface area (Å²) in [5.74, 6) is 0.629. The van der Waals surface area contributed by atoms with Crippen molar-refractivity contribution in [2.75, 3.05) is 0 Å². The van der Waals surface area contributed by atoms with Crippen LogP contribution >= 0.6 is 0 Å². The molecule has 1 aromatic heterocycles. The van der Waals surface area contributed by atoms with E-state index in [1.54, 1.807) is 38.1 Å². The summed E-state index contributed by atoms with van der Waals surface area (Å²) in [6, 6.07) is 11.6. The van der Waals surface area contributed by atoms with E-state index in [-0.39, 0.29) is 11.4 Å². The summed E-state index contributed by atoms with van der Waals surface area (Å²) in [4.78, 5) is 0.187. The molecule has 0 amide bonds. The van der Waals surface area contributed by atoms with Crippen molar-refractivity contribution in [3.63, 3.8) is 0 Å². The van der Waals surface area contributed by atoms with Crippen LogP contribution in [0, 0.1) is 20.8 Å². The minimum Gasteiger partial charge on any atom is -0.423 e. The summed E-state index contributed by atoms with van der Waals surface area (Å²) < 4.78 is 33.5. The lowest BCUT2D eigenvalue weighted by molar-refractivity contribution is 0.393. The Bertz CT molecular complexity index is 1070. The number of nitrogens with one attached hydrogen (secondary N) is 1. The van der Waals surface area contributed by atoms with Crippen LogP contribution in [0.15, 0.2) is 51.9 Å². The highest BCUT2D eigenvalue weighted by Crippen LogP contribution is 2.30. The van der Waals surface area contributed by atoms with Gasteiger partial charge in [0.05, 0.1) is 10.6 Å². The summed E-state index contributed by atoms with van der Waals surface area (Å²) in [6.07, 6.45) is 0. The number of rotatable bonds is 6. The van der Waals surface area contributed by atoms with Gasteiger partial charge in [0, 0.05) is 12.1 Å². The number of benzene rings is 2. The molecule has 0 fully saturated rings. The number of aryl methyl sites for hydroxylation is 3. The van der Waals surface area contributed by atoms with Crippen molar-refractivity contribution in [1.29, 1.82) is 0 Å². The van der Waals surface area contributed by atoms with E-state index in [0.29, 0.717) is 28.0 Å². The van der Waals surface area contributed by atoms with Gasteiger partial charge in [-0.05, 0) is 49.0 Å². The standard InChI is InChI=1S/C19H21BN2O5S/c1-12-4-7-16(19-13(2)22-27-14(19)3)10-18(12)28(25,26)21-11-15-5-8-17(9-6-15)20(23)24/h4-10,21,23-24H,11H2,1-3H3. The van der Waals surface area contributed by atoms with Gasteiger partial charge in [-0.2, -0.15) is 0 Å². The van der Waals surface area contributed by atoms with Crippen molar-refractivity contribution >= 4 is 22.6 Å². The first-order valence-corrected chi connectivity index (χ1v) is 10.2. The van der Waals surface area contributed by atoms with Crippen LogP contribution in [0.1, 0.15) is 22.6 Å². The molecule has 0 aliphatic rings. The molecule has 2 aromatic carbocycles. The van der Waals surface area contributed by atoms with E-state index in [1.165, 1.54) is 12.1 Å². The van der Waals surface area contributed by atoms with Gasteiger partial charge in [-0.25, -0.2) is 13.1 Å². The molecule has 0 atom stereocenters. The minimum atomic E-state index is -3.75. The van der Waals surface area contributed by atoms with Crippen molar-refractivity contribution < 1.29 is 23.0 Å². The zero-order valence-corrected chi connectivity index (χ0v) is 16.6. The molecule has 146 valence electrons. The SMILES string of the molecule is Cc1ccc(-c2c(C)noc2C)cc1S(=O)(=O)NCc1ccc(B(O)O)cc1. The number of sulfonamides is 1. The fourth-order valence-electron chi connectivity index (χ4n) is 3.00. The van der Waals surface area contributed by atoms with Crippen molar-refractivity contribution in [2.24, 2.45) is 0 Å². The van der Waals surface area contributed by atoms with E-state index in [4.69, 9.17) is 14.6 Å². The summed E-state index contributed by atoms with van der Waals surface area (Å²) in [6.45, 7) is 5.42. The Balaban J connectivity index is 1.86. The molecule has 0 bridgehead atoms. The van der Waals surface area contributed by atoms with E-state index in [0.717, 1.165) is 11.1 Å². The van der Waals surface area contributed by atoms with Crippen molar-refractivity contribution in [3.05, 3.63) is 65.0 Å². The van der Waals surface area contributed by atoms with Crippen LogP contribution in [0.25, 0.3) is 11.1 Å². The monoisotopic (exact) mass is 400 g/mol. The Kier molecular flexibility index (Phi) is 5.71. The van der Waals surface area contributed by atoms with Gasteiger partial charge >= 0.3 is 7.12 Å². The lowest BCUT2D eigenvalue weighted by Gasteiger charge is -2.12. The molecule has 0 saturated heterocycles. The molecular weight excluding hydrogens is 379 g/mol. The normalized spacial score (nSPS) is 11.6. The fourth-order valence-corrected chi connectivity index (χ4v) is 4.29. The van der Waals surface area contributed by atoms with Crippen LogP contribution in [0.5, 0.6) is 0 Å². The van der Waals surface area contributed by atoms with Gasteiger partial charge in [-0.3, -0.25) is 0 Å². The maximum Gasteiger partial charge on any atom is 0.488 e. The van der Waals surface area contributed by atoms with Gasteiger partial charge in [-0.15, -0.1) is 0 Å². The Morgan fingerprint density at radius 3 is 2.32 bits per heavy atom. The van der Waals surface area contributed by atoms with E-state index >= 15 is 0 Å². The summed E-state index contributed by atoms with van der Waals surface area (Å²) in [7, 11) is -5.31. The van der Waals surface area contributed by atoms with Crippen LogP contribution in [-0.2, 0) is 16.6 Å². The van der Waals surface area contributed by atoms with Crippen LogP contribution in [0.3, 0.4) is 0 Å². The van der Waals surface area contributed by atoms with Crippen LogP contribution in [0.2, 0.25) is 0 Å². The van der Waals surface area contributed by atoms with E-state index in [9.17, 15) is 8.42 Å². The van der Waals surface area contributed by atoms with Gasteiger partial charge in [0.2, 0.25) is 10.0 Å². The average molecular weight is 400 g/mol. The van der Waals surface area contributed by atoms with Gasteiger partial charge in [-0.1, -0.05) is 41.6 Å². The predicted molar refractivity (Wildman–Crippen MR) is 106 cm³/mol. The number of nitrogens with zero attached hydrogens (tertiary/aromatic N) is 1. The molecule has 0 aliphatic carbocycles. The lowest BCUT2D eigenvalue weighted by atomic mass is 9.80. The van der Waals surface area contributed by atoms with Crippen molar-refractivity contribution in [3.8, 4) is 11.1 Å². The highest BCUT2D eigenvalue weighted by Gasteiger charge is 2.20. The van der Waals surface area contributed by atoms with Gasteiger partial charge in [0.1, 0.15) is 5.76 Å². The molecule has 0 radical (unpaired) electrons. The second kappa shape index (κ2) is 7.88. The first-order chi connectivity index (χ1) is 13.2. The molecule has 0 spiro atoms. The third kappa shape index (κ3) is 4.17. The molecule has 9 heteroatoms. The highest BCUT2D eigenvalue weighted by atomic mass is 32.2. The van der Waals surface area contributed by atoms with Gasteiger partial charge < -0.3 is 14.6 Å². The Labute approximate surface area is 164 Å². The Morgan fingerprint density at radius 1 is 1.07 bits per heavy atom. The summed E-state index contributed by atoms with van der Waals surface area (Å²) in [5, 5.41) is 22.2. The van der Waals surface area contributed by atoms with Crippen molar-refractivity contribution in [2.45, 2.75) is 32.2 Å². The molecule has 3 rings (SSSR count). The zero-order chi connectivity index (χ0) is 20.5. The summed E-state index contributed by atoms with van der Waals surface area (Å²) in [5.41, 5.74) is 3.88. The molecule has 7 nitrogen and oxygen atoms in total. The van der Waals surface area contributed by atoms with Gasteiger partial charge in [0.15, 0.2) is 0 Å². The molecule has 28 heavy (non-hydrogen) atoms. The van der Waals surface area contributed by atoms with E-state index in [1.807, 2.05) is 13.0 Å². The lowest BCUT2D eigenvalue weighted by Crippen LogP contribution is -2.30. The zero-order valence-electron chi connectivity index (χ0n) is 15.8. The maximum atomic E-state index is 12.9. The maximum absolute atomic E-state index is 12.9. The number of aromatic nitrogens is 1. The third-order valence-electron chi connectivity index (χ3n) is 4.54. The fraction of sp³-hybridized carbons (Fsp3) is 0.211. The Morgan fingerprint density at radius 2 is 1.75 bits per heavy atom. The predicted octanol–water partition coefficient (Wildman–Crippen LogP) is 1.43. The number of hydrogen-bond donors (Lipinski definition) is 3. The molecule has 0 aliphatic heterocycles. The largest absolute Gasteiger partial charge is 0.488 e. The topological polar surface area (TPSA) is 113 Å². The molecule has 0 saturated carbocycles. The molecular formula is C19H21BN2O5S. The van der Waals surface area contributed by atoms with E-state index in [2.05, 4.69) is 9.88 Å². The minimum absolute atomic E-state index is 0.0825. The van der Waals surface area contributed by atoms with Crippen molar-refractivity contribution in [1.82, 2.24) is 9.88 Å². The molecule has 0 unspecified atom stereocenters. The Hall–Kier alpha value is -2.46. The molecule has 3 aromatic rings. The summed E-state index contributed by atoms with van der Waals surface area (Å²) >= 11 is 0. The molecule has 1 heterocycles. The van der Waals surface area contributed by atoms with Crippen LogP contribution in [0.4, 0.5) is 0 Å². The average Bonchev–Trinajstić information content (AvgIpc) is 2.99. The third-order valence-corrected chi connectivity index (χ3v) is 6.09. The van der Waals surface area contributed by atoms with Crippen LogP contribution < -0.4 is 10.2 Å². The second-order valence-corrected chi connectivity index (χ2v) is 8.35. The first-order valence-electron chi connectivity index (χ1n) is 8.67. The number of hydrogen-bond acceptors (Lipinski definition) is 6.